The maximum atomic E-state index is 12.8. The third kappa shape index (κ3) is 3.15. The number of ether oxygens (including phenoxy) is 1. The van der Waals surface area contributed by atoms with Gasteiger partial charge in [0, 0.05) is 12.5 Å². The van der Waals surface area contributed by atoms with Crippen molar-refractivity contribution in [2.24, 2.45) is 11.8 Å². The quantitative estimate of drug-likeness (QED) is 0.860. The first-order valence-corrected chi connectivity index (χ1v) is 9.81. The van der Waals surface area contributed by atoms with Gasteiger partial charge in [0.1, 0.15) is 12.6 Å². The number of hydrogen-bond donors (Lipinski definition) is 1. The molecule has 3 unspecified atom stereocenters. The van der Waals surface area contributed by atoms with E-state index in [4.69, 9.17) is 4.74 Å². The summed E-state index contributed by atoms with van der Waals surface area (Å²) in [6.07, 6.45) is -0.0752. The highest BCUT2D eigenvalue weighted by molar-refractivity contribution is 5.81. The van der Waals surface area contributed by atoms with Crippen LogP contribution in [0.25, 0.3) is 11.1 Å². The van der Waals surface area contributed by atoms with Crippen LogP contribution in [0.1, 0.15) is 37.3 Å². The Kier molecular flexibility index (Phi) is 4.84. The number of rotatable bonds is 3. The van der Waals surface area contributed by atoms with Gasteiger partial charge >= 0.3 is 12.1 Å². The monoisotopic (exact) mass is 379 g/mol. The van der Waals surface area contributed by atoms with Gasteiger partial charge in [-0.2, -0.15) is 0 Å². The number of benzene rings is 2. The van der Waals surface area contributed by atoms with E-state index < -0.39 is 18.1 Å². The van der Waals surface area contributed by atoms with E-state index >= 15 is 0 Å². The van der Waals surface area contributed by atoms with E-state index in [0.717, 1.165) is 11.1 Å². The van der Waals surface area contributed by atoms with E-state index in [1.807, 2.05) is 38.1 Å². The molecule has 4 rings (SSSR count). The van der Waals surface area contributed by atoms with Crippen molar-refractivity contribution in [3.63, 3.8) is 0 Å². The van der Waals surface area contributed by atoms with Crippen LogP contribution in [0.3, 0.4) is 0 Å². The summed E-state index contributed by atoms with van der Waals surface area (Å²) in [6.45, 7) is 4.70. The standard InChI is InChI=1S/C23H25NO4/c1-14-11-21(22(25)26)24(12-15(14)2)23(27)28-13-20-18-9-5-3-7-16(18)17-8-4-6-10-19(17)20/h3-10,14-15,20-21H,11-13H2,1-2H3,(H,25,26). The Bertz CT molecular complexity index is 863. The first kappa shape index (κ1) is 18.5. The minimum Gasteiger partial charge on any atom is -0.480 e. The third-order valence-corrected chi connectivity index (χ3v) is 6.28. The summed E-state index contributed by atoms with van der Waals surface area (Å²) in [5.74, 6) is -0.483. The molecule has 2 aliphatic rings. The van der Waals surface area contributed by atoms with E-state index in [-0.39, 0.29) is 24.4 Å². The smallest absolute Gasteiger partial charge is 0.410 e. The maximum Gasteiger partial charge on any atom is 0.410 e. The second-order valence-corrected chi connectivity index (χ2v) is 8.00. The number of carbonyl (C=O) groups is 2. The zero-order chi connectivity index (χ0) is 19.8. The van der Waals surface area contributed by atoms with Crippen LogP contribution in [0.2, 0.25) is 0 Å². The predicted octanol–water partition coefficient (Wildman–Crippen LogP) is 4.37. The van der Waals surface area contributed by atoms with Crippen LogP contribution in [0.4, 0.5) is 4.79 Å². The first-order valence-electron chi connectivity index (χ1n) is 9.81. The minimum atomic E-state index is -0.966. The lowest BCUT2D eigenvalue weighted by Gasteiger charge is -2.39. The van der Waals surface area contributed by atoms with Crippen LogP contribution in [-0.4, -0.2) is 41.3 Å². The van der Waals surface area contributed by atoms with Crippen molar-refractivity contribution in [1.29, 1.82) is 0 Å². The number of carbonyl (C=O) groups excluding carboxylic acids is 1. The van der Waals surface area contributed by atoms with Gasteiger partial charge in [-0.05, 0) is 40.5 Å². The number of piperidine rings is 1. The molecule has 2 aromatic rings. The number of fused-ring (bicyclic) bond motifs is 3. The molecule has 0 aromatic heterocycles. The van der Waals surface area contributed by atoms with E-state index in [1.165, 1.54) is 16.0 Å². The Morgan fingerprint density at radius 3 is 2.14 bits per heavy atom. The molecule has 1 fully saturated rings. The van der Waals surface area contributed by atoms with Gasteiger partial charge < -0.3 is 9.84 Å². The largest absolute Gasteiger partial charge is 0.480 e. The number of nitrogens with zero attached hydrogens (tertiary/aromatic N) is 1. The molecule has 1 heterocycles. The summed E-state index contributed by atoms with van der Waals surface area (Å²) in [5.41, 5.74) is 4.63. The number of hydrogen-bond acceptors (Lipinski definition) is 3. The SMILES string of the molecule is CC1CC(C(=O)O)N(C(=O)OCC2c3ccccc3-c3ccccc32)CC1C. The van der Waals surface area contributed by atoms with Gasteiger partial charge in [-0.25, -0.2) is 9.59 Å². The molecular formula is C23H25NO4. The molecule has 5 nitrogen and oxygen atoms in total. The Morgan fingerprint density at radius 1 is 1.00 bits per heavy atom. The lowest BCUT2D eigenvalue weighted by atomic mass is 9.84. The van der Waals surface area contributed by atoms with E-state index in [2.05, 4.69) is 24.3 Å². The molecule has 3 atom stereocenters. The predicted molar refractivity (Wildman–Crippen MR) is 106 cm³/mol. The normalized spacial score (nSPS) is 23.8. The molecule has 28 heavy (non-hydrogen) atoms. The zero-order valence-electron chi connectivity index (χ0n) is 16.2. The lowest BCUT2D eigenvalue weighted by Crippen LogP contribution is -2.52. The maximum absolute atomic E-state index is 12.8. The van der Waals surface area contributed by atoms with Crippen LogP contribution in [-0.2, 0) is 9.53 Å². The first-order chi connectivity index (χ1) is 13.5. The van der Waals surface area contributed by atoms with Gasteiger partial charge in [-0.3, -0.25) is 4.90 Å². The average Bonchev–Trinajstić information content (AvgIpc) is 3.01. The van der Waals surface area contributed by atoms with E-state index in [0.29, 0.717) is 13.0 Å². The van der Waals surface area contributed by atoms with E-state index in [9.17, 15) is 14.7 Å². The van der Waals surface area contributed by atoms with Crippen molar-refractivity contribution in [3.05, 3.63) is 59.7 Å². The third-order valence-electron chi connectivity index (χ3n) is 6.28. The number of aliphatic carboxylic acids is 1. The molecular weight excluding hydrogens is 354 g/mol. The minimum absolute atomic E-state index is 0.0271. The van der Waals surface area contributed by atoms with Crippen molar-refractivity contribution in [1.82, 2.24) is 4.90 Å². The highest BCUT2D eigenvalue weighted by Gasteiger charge is 2.39. The summed E-state index contributed by atoms with van der Waals surface area (Å²) < 4.78 is 5.67. The Labute approximate surface area is 164 Å². The lowest BCUT2D eigenvalue weighted by molar-refractivity contribution is -0.145. The average molecular weight is 379 g/mol. The summed E-state index contributed by atoms with van der Waals surface area (Å²) in [7, 11) is 0. The van der Waals surface area contributed by atoms with Crippen LogP contribution in [0.5, 0.6) is 0 Å². The van der Waals surface area contributed by atoms with Gasteiger partial charge in [-0.15, -0.1) is 0 Å². The number of likely N-dealkylation sites (tertiary alicyclic amines) is 1. The summed E-state index contributed by atoms with van der Waals surface area (Å²) in [5, 5.41) is 9.55. The molecule has 146 valence electrons. The number of amides is 1. The molecule has 0 saturated carbocycles. The second-order valence-electron chi connectivity index (χ2n) is 8.00. The van der Waals surface area contributed by atoms with Crippen LogP contribution < -0.4 is 0 Å². The molecule has 1 amide bonds. The molecule has 0 spiro atoms. The Balaban J connectivity index is 1.53. The fraction of sp³-hybridized carbons (Fsp3) is 0.391. The van der Waals surface area contributed by atoms with Gasteiger partial charge in [0.15, 0.2) is 0 Å². The summed E-state index contributed by atoms with van der Waals surface area (Å²) in [4.78, 5) is 25.8. The van der Waals surface area contributed by atoms with Gasteiger partial charge in [-0.1, -0.05) is 62.4 Å². The van der Waals surface area contributed by atoms with Crippen molar-refractivity contribution in [3.8, 4) is 11.1 Å². The summed E-state index contributed by atoms with van der Waals surface area (Å²) >= 11 is 0. The zero-order valence-corrected chi connectivity index (χ0v) is 16.2. The van der Waals surface area contributed by atoms with Gasteiger partial charge in [0.2, 0.25) is 0 Å². The Hall–Kier alpha value is -2.82. The molecule has 2 aromatic carbocycles. The molecule has 1 aliphatic heterocycles. The fourth-order valence-corrected chi connectivity index (χ4v) is 4.44. The Morgan fingerprint density at radius 2 is 1.57 bits per heavy atom. The molecule has 1 aliphatic carbocycles. The van der Waals surface area contributed by atoms with Crippen molar-refractivity contribution >= 4 is 12.1 Å². The molecule has 0 radical (unpaired) electrons. The second kappa shape index (κ2) is 7.30. The number of carboxylic acid groups (broad SMARTS) is 1. The van der Waals surface area contributed by atoms with Crippen molar-refractivity contribution < 1.29 is 19.4 Å². The molecule has 5 heteroatoms. The van der Waals surface area contributed by atoms with Crippen LogP contribution in [0.15, 0.2) is 48.5 Å². The topological polar surface area (TPSA) is 66.8 Å². The summed E-state index contributed by atoms with van der Waals surface area (Å²) in [6, 6.07) is 15.5. The fourth-order valence-electron chi connectivity index (χ4n) is 4.44. The highest BCUT2D eigenvalue weighted by Crippen LogP contribution is 2.44. The van der Waals surface area contributed by atoms with Crippen molar-refractivity contribution in [2.45, 2.75) is 32.2 Å². The van der Waals surface area contributed by atoms with Crippen molar-refractivity contribution in [2.75, 3.05) is 13.2 Å². The number of carboxylic acids is 1. The molecule has 0 bridgehead atoms. The van der Waals surface area contributed by atoms with Crippen LogP contribution >= 0.6 is 0 Å². The van der Waals surface area contributed by atoms with Gasteiger partial charge in [0.05, 0.1) is 0 Å². The molecule has 1 saturated heterocycles. The highest BCUT2D eigenvalue weighted by atomic mass is 16.6. The van der Waals surface area contributed by atoms with Crippen LogP contribution in [0, 0.1) is 11.8 Å². The molecule has 1 N–H and O–H groups in total. The van der Waals surface area contributed by atoms with E-state index in [1.54, 1.807) is 0 Å². The van der Waals surface area contributed by atoms with Gasteiger partial charge in [0.25, 0.3) is 0 Å².